The zero-order chi connectivity index (χ0) is 16.4. The molecule has 1 heterocycles. The number of nitrogens with zero attached hydrogens (tertiary/aromatic N) is 2. The van der Waals surface area contributed by atoms with Crippen LogP contribution in [0.2, 0.25) is 0 Å². The molecule has 0 bridgehead atoms. The maximum absolute atomic E-state index is 12.3. The second kappa shape index (κ2) is 6.62. The number of allylic oxidation sites excluding steroid dienone is 1. The summed E-state index contributed by atoms with van der Waals surface area (Å²) >= 11 is 0. The standard InChI is InChI=1S/C21H22N2O/c24-19-12-7-15-22(18-10-2-1-3-11-18)23(16-19)21-14-6-9-17-8-4-5-13-20(17)21/h1-5,7-8,10-11,13,15,21H,6,9,12,14,16H2. The van der Waals surface area contributed by atoms with Crippen molar-refractivity contribution in [2.24, 2.45) is 0 Å². The van der Waals surface area contributed by atoms with E-state index in [1.54, 1.807) is 0 Å². The lowest BCUT2D eigenvalue weighted by atomic mass is 9.87. The fraction of sp³-hybridized carbons (Fsp3) is 0.286. The van der Waals surface area contributed by atoms with E-state index < -0.39 is 0 Å². The van der Waals surface area contributed by atoms with Crippen molar-refractivity contribution >= 4 is 11.5 Å². The highest BCUT2D eigenvalue weighted by molar-refractivity contribution is 5.83. The van der Waals surface area contributed by atoms with E-state index >= 15 is 0 Å². The van der Waals surface area contributed by atoms with Crippen molar-refractivity contribution in [2.75, 3.05) is 11.6 Å². The summed E-state index contributed by atoms with van der Waals surface area (Å²) < 4.78 is 0. The summed E-state index contributed by atoms with van der Waals surface area (Å²) in [7, 11) is 0. The van der Waals surface area contributed by atoms with Crippen LogP contribution in [0.5, 0.6) is 0 Å². The fourth-order valence-electron chi connectivity index (χ4n) is 3.80. The van der Waals surface area contributed by atoms with Crippen molar-refractivity contribution < 1.29 is 4.79 Å². The molecule has 0 saturated carbocycles. The zero-order valence-electron chi connectivity index (χ0n) is 13.8. The molecule has 3 heteroatoms. The highest BCUT2D eigenvalue weighted by Crippen LogP contribution is 2.37. The van der Waals surface area contributed by atoms with Gasteiger partial charge in [0.05, 0.1) is 18.3 Å². The number of carbonyl (C=O) groups excluding carboxylic acids is 1. The van der Waals surface area contributed by atoms with Crippen molar-refractivity contribution in [3.8, 4) is 0 Å². The first kappa shape index (κ1) is 15.2. The normalized spacial score (nSPS) is 21.4. The lowest BCUT2D eigenvalue weighted by molar-refractivity contribution is -0.119. The molecule has 24 heavy (non-hydrogen) atoms. The maximum Gasteiger partial charge on any atom is 0.152 e. The summed E-state index contributed by atoms with van der Waals surface area (Å²) in [6.45, 7) is 0.459. The second-order valence-electron chi connectivity index (χ2n) is 6.51. The number of anilines is 1. The molecule has 1 aliphatic heterocycles. The van der Waals surface area contributed by atoms with Crippen LogP contribution in [0.3, 0.4) is 0 Å². The van der Waals surface area contributed by atoms with Gasteiger partial charge in [-0.05, 0) is 42.5 Å². The van der Waals surface area contributed by atoms with E-state index in [1.807, 2.05) is 24.3 Å². The van der Waals surface area contributed by atoms with Crippen LogP contribution in [0.1, 0.15) is 36.4 Å². The van der Waals surface area contributed by atoms with Crippen LogP contribution in [0, 0.1) is 0 Å². The third kappa shape index (κ3) is 2.87. The molecule has 2 aromatic rings. The molecule has 0 spiro atoms. The maximum atomic E-state index is 12.3. The van der Waals surface area contributed by atoms with E-state index in [0.717, 1.165) is 18.5 Å². The lowest BCUT2D eigenvalue weighted by Crippen LogP contribution is -2.44. The van der Waals surface area contributed by atoms with Crippen molar-refractivity contribution in [2.45, 2.75) is 31.7 Å². The minimum Gasteiger partial charge on any atom is -0.298 e. The number of hydrogen-bond acceptors (Lipinski definition) is 3. The summed E-state index contributed by atoms with van der Waals surface area (Å²) in [5.74, 6) is 0.271. The van der Waals surface area contributed by atoms with E-state index in [1.165, 1.54) is 17.5 Å². The highest BCUT2D eigenvalue weighted by atomic mass is 16.1. The molecule has 1 unspecified atom stereocenters. The summed E-state index contributed by atoms with van der Waals surface area (Å²) in [6.07, 6.45) is 7.92. The Bertz CT molecular complexity index is 753. The molecule has 1 aliphatic carbocycles. The Balaban J connectivity index is 1.75. The van der Waals surface area contributed by atoms with Crippen LogP contribution in [0.15, 0.2) is 66.9 Å². The number of benzene rings is 2. The molecule has 0 fully saturated rings. The van der Waals surface area contributed by atoms with Gasteiger partial charge in [0.1, 0.15) is 0 Å². The number of hydrogen-bond donors (Lipinski definition) is 0. The van der Waals surface area contributed by atoms with Gasteiger partial charge in [0.2, 0.25) is 0 Å². The topological polar surface area (TPSA) is 23.6 Å². The molecule has 0 N–H and O–H groups in total. The predicted molar refractivity (Wildman–Crippen MR) is 96.5 cm³/mol. The van der Waals surface area contributed by atoms with Gasteiger partial charge in [0, 0.05) is 12.6 Å². The molecular formula is C21H22N2O. The van der Waals surface area contributed by atoms with E-state index in [2.05, 4.69) is 52.6 Å². The third-order valence-corrected chi connectivity index (χ3v) is 4.93. The van der Waals surface area contributed by atoms with Gasteiger partial charge < -0.3 is 0 Å². The quantitative estimate of drug-likeness (QED) is 0.826. The summed E-state index contributed by atoms with van der Waals surface area (Å²) in [4.78, 5) is 12.3. The van der Waals surface area contributed by atoms with Gasteiger partial charge in [0.15, 0.2) is 5.78 Å². The molecule has 2 aromatic carbocycles. The minimum absolute atomic E-state index is 0.252. The SMILES string of the molecule is O=C1CC=CN(c2ccccc2)N(C2CCCc3ccccc32)C1. The van der Waals surface area contributed by atoms with E-state index in [4.69, 9.17) is 0 Å². The summed E-state index contributed by atoms with van der Waals surface area (Å²) in [6, 6.07) is 19.2. The Morgan fingerprint density at radius 2 is 1.75 bits per heavy atom. The smallest absolute Gasteiger partial charge is 0.152 e. The third-order valence-electron chi connectivity index (χ3n) is 4.93. The van der Waals surface area contributed by atoms with Crippen molar-refractivity contribution in [3.05, 3.63) is 78.0 Å². The van der Waals surface area contributed by atoms with Gasteiger partial charge in [-0.15, -0.1) is 0 Å². The average Bonchev–Trinajstić information content (AvgIpc) is 2.83. The molecule has 3 nitrogen and oxygen atoms in total. The van der Waals surface area contributed by atoms with E-state index in [9.17, 15) is 4.79 Å². The van der Waals surface area contributed by atoms with Gasteiger partial charge in [-0.3, -0.25) is 9.80 Å². The number of aryl methyl sites for hydroxylation is 1. The zero-order valence-corrected chi connectivity index (χ0v) is 13.8. The van der Waals surface area contributed by atoms with Gasteiger partial charge >= 0.3 is 0 Å². The van der Waals surface area contributed by atoms with E-state index in [-0.39, 0.29) is 11.8 Å². The Morgan fingerprint density at radius 3 is 2.62 bits per heavy atom. The molecule has 0 saturated heterocycles. The van der Waals surface area contributed by atoms with Gasteiger partial charge in [-0.25, -0.2) is 5.01 Å². The Labute approximate surface area is 143 Å². The molecular weight excluding hydrogens is 296 g/mol. The predicted octanol–water partition coefficient (Wildman–Crippen LogP) is 4.27. The number of para-hydroxylation sites is 1. The summed E-state index contributed by atoms with van der Waals surface area (Å²) in [5.41, 5.74) is 3.89. The van der Waals surface area contributed by atoms with Crippen LogP contribution < -0.4 is 5.01 Å². The van der Waals surface area contributed by atoms with Crippen molar-refractivity contribution in [1.82, 2.24) is 5.01 Å². The number of rotatable bonds is 2. The Hall–Kier alpha value is -2.39. The molecule has 122 valence electrons. The molecule has 1 atom stereocenters. The molecule has 0 radical (unpaired) electrons. The van der Waals surface area contributed by atoms with Crippen molar-refractivity contribution in [3.63, 3.8) is 0 Å². The van der Waals surface area contributed by atoms with E-state index in [0.29, 0.717) is 13.0 Å². The average molecular weight is 318 g/mol. The number of ketones is 1. The number of Topliss-reactive ketones (excluding diaryl/α,β-unsaturated/α-hetero) is 1. The number of hydrazine groups is 1. The number of fused-ring (bicyclic) bond motifs is 1. The fourth-order valence-corrected chi connectivity index (χ4v) is 3.80. The van der Waals surface area contributed by atoms with Gasteiger partial charge in [0.25, 0.3) is 0 Å². The van der Waals surface area contributed by atoms with Crippen LogP contribution >= 0.6 is 0 Å². The highest BCUT2D eigenvalue weighted by Gasteiger charge is 2.31. The molecule has 0 aromatic heterocycles. The monoisotopic (exact) mass is 318 g/mol. The molecule has 4 rings (SSSR count). The molecule has 0 amide bonds. The van der Waals surface area contributed by atoms with Gasteiger partial charge in [-0.2, -0.15) is 0 Å². The van der Waals surface area contributed by atoms with Crippen LogP contribution in [0.25, 0.3) is 0 Å². The molecule has 2 aliphatic rings. The van der Waals surface area contributed by atoms with Crippen molar-refractivity contribution in [1.29, 1.82) is 0 Å². The minimum atomic E-state index is 0.252. The summed E-state index contributed by atoms with van der Waals surface area (Å²) in [5, 5.41) is 4.41. The first-order valence-electron chi connectivity index (χ1n) is 8.70. The van der Waals surface area contributed by atoms with Crippen LogP contribution in [0.4, 0.5) is 5.69 Å². The Morgan fingerprint density at radius 1 is 0.958 bits per heavy atom. The van der Waals surface area contributed by atoms with Gasteiger partial charge in [-0.1, -0.05) is 48.5 Å². The van der Waals surface area contributed by atoms with Crippen LogP contribution in [-0.4, -0.2) is 17.3 Å². The second-order valence-corrected chi connectivity index (χ2v) is 6.51. The Kier molecular flexibility index (Phi) is 4.18. The largest absolute Gasteiger partial charge is 0.298 e. The first-order chi connectivity index (χ1) is 11.8. The van der Waals surface area contributed by atoms with Crippen LogP contribution in [-0.2, 0) is 11.2 Å². The first-order valence-corrected chi connectivity index (χ1v) is 8.70. The number of carbonyl (C=O) groups is 1. The lowest BCUT2D eigenvalue weighted by Gasteiger charge is -2.41.